The van der Waals surface area contributed by atoms with Crippen LogP contribution >= 0.6 is 0 Å². The lowest BCUT2D eigenvalue weighted by Gasteiger charge is -2.59. The summed E-state index contributed by atoms with van der Waals surface area (Å²) in [6, 6.07) is 0. The molecule has 3 N–H and O–H groups in total. The minimum atomic E-state index is -0.892. The molecule has 0 saturated heterocycles. The van der Waals surface area contributed by atoms with Gasteiger partial charge >= 0.3 is 0 Å². The molecule has 4 rings (SSSR count). The Labute approximate surface area is 194 Å². The van der Waals surface area contributed by atoms with Gasteiger partial charge in [-0.15, -0.1) is 0 Å². The molecule has 0 unspecified atom stereocenters. The van der Waals surface area contributed by atoms with Crippen molar-refractivity contribution in [1.29, 1.82) is 0 Å². The van der Waals surface area contributed by atoms with Crippen LogP contribution in [0.25, 0.3) is 0 Å². The maximum Gasteiger partial charge on any atom is 0.159 e. The zero-order valence-electron chi connectivity index (χ0n) is 21.2. The molecule has 0 amide bonds. The van der Waals surface area contributed by atoms with Crippen LogP contribution in [0.2, 0.25) is 0 Å². The largest absolute Gasteiger partial charge is 0.393 e. The Morgan fingerprint density at radius 1 is 1.06 bits per heavy atom. The van der Waals surface area contributed by atoms with E-state index in [0.29, 0.717) is 18.3 Å². The Morgan fingerprint density at radius 2 is 1.75 bits per heavy atom. The minimum Gasteiger partial charge on any atom is -0.393 e. The van der Waals surface area contributed by atoms with Crippen molar-refractivity contribution in [2.24, 2.45) is 40.4 Å². The van der Waals surface area contributed by atoms with Crippen LogP contribution < -0.4 is 0 Å². The zero-order chi connectivity index (χ0) is 23.7. The van der Waals surface area contributed by atoms with Gasteiger partial charge in [0.1, 0.15) is 0 Å². The second-order valence-corrected chi connectivity index (χ2v) is 13.1. The van der Waals surface area contributed by atoms with Gasteiger partial charge in [0.15, 0.2) is 5.78 Å². The normalized spacial score (nSPS) is 46.0. The fraction of sp³-hybridized carbons (Fsp3) is 0.893. The summed E-state index contributed by atoms with van der Waals surface area (Å²) in [4.78, 5) is 13.2. The fourth-order valence-corrected chi connectivity index (χ4v) is 8.34. The van der Waals surface area contributed by atoms with Gasteiger partial charge < -0.3 is 15.3 Å². The van der Waals surface area contributed by atoms with Crippen molar-refractivity contribution in [2.45, 2.75) is 117 Å². The molecule has 0 heterocycles. The van der Waals surface area contributed by atoms with Gasteiger partial charge in [0, 0.05) is 11.3 Å². The van der Waals surface area contributed by atoms with Crippen molar-refractivity contribution < 1.29 is 20.1 Å². The van der Waals surface area contributed by atoms with Crippen molar-refractivity contribution in [3.8, 4) is 0 Å². The average Bonchev–Trinajstić information content (AvgIpc) is 2.98. The first kappa shape index (κ1) is 24.4. The molecule has 32 heavy (non-hydrogen) atoms. The van der Waals surface area contributed by atoms with E-state index in [1.807, 2.05) is 19.9 Å². The van der Waals surface area contributed by atoms with E-state index in [0.717, 1.165) is 56.9 Å². The van der Waals surface area contributed by atoms with Crippen LogP contribution in [0, 0.1) is 40.4 Å². The summed E-state index contributed by atoms with van der Waals surface area (Å²) in [5.41, 5.74) is -0.874. The lowest BCUT2D eigenvalue weighted by atomic mass is 9.46. The van der Waals surface area contributed by atoms with Gasteiger partial charge in [-0.1, -0.05) is 34.1 Å². The molecule has 4 nitrogen and oxygen atoms in total. The number of fused-ring (bicyclic) bond motifs is 5. The molecule has 0 spiro atoms. The second-order valence-electron chi connectivity index (χ2n) is 13.1. The molecular formula is C28H46O4. The Balaban J connectivity index is 1.59. The number of aliphatic hydroxyl groups excluding tert-OH is 1. The molecule has 4 heteroatoms. The van der Waals surface area contributed by atoms with Crippen LogP contribution in [-0.2, 0) is 4.79 Å². The van der Waals surface area contributed by atoms with Gasteiger partial charge in [-0.2, -0.15) is 0 Å². The van der Waals surface area contributed by atoms with E-state index in [-0.39, 0.29) is 40.5 Å². The van der Waals surface area contributed by atoms with Crippen molar-refractivity contribution >= 4 is 5.78 Å². The third kappa shape index (κ3) is 3.55. The van der Waals surface area contributed by atoms with E-state index in [1.54, 1.807) is 0 Å². The van der Waals surface area contributed by atoms with Crippen LogP contribution in [0.15, 0.2) is 11.6 Å². The van der Waals surface area contributed by atoms with Crippen LogP contribution in [0.4, 0.5) is 0 Å². The zero-order valence-corrected chi connectivity index (χ0v) is 21.2. The number of carbonyl (C=O) groups is 1. The lowest BCUT2D eigenvalue weighted by Crippen LogP contribution is -2.59. The van der Waals surface area contributed by atoms with Gasteiger partial charge in [0.05, 0.1) is 17.3 Å². The first-order valence-electron chi connectivity index (χ1n) is 13.1. The number of carbonyl (C=O) groups excluding carboxylic acids is 1. The van der Waals surface area contributed by atoms with E-state index in [1.165, 1.54) is 0 Å². The summed E-state index contributed by atoms with van der Waals surface area (Å²) in [5, 5.41) is 32.8. The first-order chi connectivity index (χ1) is 14.7. The van der Waals surface area contributed by atoms with Crippen molar-refractivity contribution in [2.75, 3.05) is 0 Å². The predicted molar refractivity (Wildman–Crippen MR) is 127 cm³/mol. The van der Waals surface area contributed by atoms with Crippen LogP contribution in [-0.4, -0.2) is 38.4 Å². The maximum absolute atomic E-state index is 13.2. The Hall–Kier alpha value is -0.710. The topological polar surface area (TPSA) is 77.8 Å². The predicted octanol–water partition coefficient (Wildman–Crippen LogP) is 5.04. The Morgan fingerprint density at radius 3 is 2.41 bits per heavy atom. The quantitative estimate of drug-likeness (QED) is 0.553. The lowest BCUT2D eigenvalue weighted by molar-refractivity contribution is -0.141. The highest BCUT2D eigenvalue weighted by atomic mass is 16.3. The molecule has 9 atom stereocenters. The minimum absolute atomic E-state index is 0.104. The number of ketones is 1. The van der Waals surface area contributed by atoms with E-state index in [4.69, 9.17) is 0 Å². The Kier molecular flexibility index (Phi) is 6.04. The van der Waals surface area contributed by atoms with Crippen LogP contribution in [0.3, 0.4) is 0 Å². The highest BCUT2D eigenvalue weighted by Gasteiger charge is 2.66. The molecule has 4 aliphatic carbocycles. The monoisotopic (exact) mass is 446 g/mol. The smallest absolute Gasteiger partial charge is 0.159 e. The van der Waals surface area contributed by atoms with Crippen LogP contribution in [0.1, 0.15) is 99.3 Å². The molecule has 0 aromatic carbocycles. The van der Waals surface area contributed by atoms with Gasteiger partial charge in [-0.25, -0.2) is 0 Å². The molecule has 0 bridgehead atoms. The van der Waals surface area contributed by atoms with E-state index in [2.05, 4.69) is 27.7 Å². The first-order valence-corrected chi connectivity index (χ1v) is 13.1. The van der Waals surface area contributed by atoms with Crippen molar-refractivity contribution in [1.82, 2.24) is 0 Å². The van der Waals surface area contributed by atoms with Gasteiger partial charge in [0.25, 0.3) is 0 Å². The third-order valence-electron chi connectivity index (χ3n) is 11.1. The van der Waals surface area contributed by atoms with Gasteiger partial charge in [-0.05, 0) is 106 Å². The molecule has 4 aliphatic rings. The molecule has 0 radical (unpaired) electrons. The third-order valence-corrected chi connectivity index (χ3v) is 11.1. The number of hydrogen-bond donors (Lipinski definition) is 3. The summed E-state index contributed by atoms with van der Waals surface area (Å²) in [6.07, 6.45) is 9.48. The second kappa shape index (κ2) is 7.92. The van der Waals surface area contributed by atoms with Crippen molar-refractivity contribution in [3.05, 3.63) is 11.6 Å². The highest BCUT2D eigenvalue weighted by molar-refractivity contribution is 5.95. The molecule has 0 aromatic rings. The number of rotatable bonds is 5. The maximum atomic E-state index is 13.2. The summed E-state index contributed by atoms with van der Waals surface area (Å²) in [5.74, 6) is 1.42. The summed E-state index contributed by atoms with van der Waals surface area (Å²) < 4.78 is 0. The summed E-state index contributed by atoms with van der Waals surface area (Å²) in [6.45, 7) is 12.8. The summed E-state index contributed by atoms with van der Waals surface area (Å²) >= 11 is 0. The molecule has 3 saturated carbocycles. The summed E-state index contributed by atoms with van der Waals surface area (Å²) in [7, 11) is 0. The number of hydrogen-bond acceptors (Lipinski definition) is 4. The van der Waals surface area contributed by atoms with Crippen LogP contribution in [0.5, 0.6) is 0 Å². The van der Waals surface area contributed by atoms with Crippen molar-refractivity contribution in [3.63, 3.8) is 0 Å². The molecular weight excluding hydrogens is 400 g/mol. The highest BCUT2D eigenvalue weighted by Crippen LogP contribution is 2.68. The average molecular weight is 447 g/mol. The number of aliphatic hydroxyl groups is 3. The van der Waals surface area contributed by atoms with Gasteiger partial charge in [0.2, 0.25) is 0 Å². The Bertz CT molecular complexity index is 781. The number of allylic oxidation sites excluding steroid dienone is 1. The van der Waals surface area contributed by atoms with E-state index >= 15 is 0 Å². The molecule has 3 fully saturated rings. The van der Waals surface area contributed by atoms with E-state index < -0.39 is 11.2 Å². The SMILES string of the molecule is C[C@H](CC[C@H](C)C(C)(C)O)[C@H]1CC[C@@]2(O)C3=CC(=O)[C@@H]4C[C@H](O)CC[C@]4(C)[C@H]3CC[C@]12C. The molecule has 0 aliphatic heterocycles. The van der Waals surface area contributed by atoms with E-state index in [9.17, 15) is 20.1 Å². The van der Waals surface area contributed by atoms with Gasteiger partial charge in [-0.3, -0.25) is 4.79 Å². The molecule has 0 aromatic heterocycles. The molecule has 182 valence electrons. The standard InChI is InChI=1S/C28H46O4/c1-17(7-8-18(2)25(3,4)31)20-11-14-28(32)22-16-24(30)23-15-19(29)9-12-26(23,5)21(22)10-13-27(20,28)6/h16-21,23,29,31-32H,7-15H2,1-6H3/t17-,18+,19-,20-,21+,23+,26-,27-,28-/m1/s1. The fourth-order valence-electron chi connectivity index (χ4n) is 8.34.